The minimum atomic E-state index is -0.199. The third kappa shape index (κ3) is 1.19. The molecule has 0 bridgehead atoms. The molecule has 0 spiro atoms. The van der Waals surface area contributed by atoms with Gasteiger partial charge in [-0.1, -0.05) is 18.2 Å². The monoisotopic (exact) mass is 162 g/mol. The first-order valence-corrected chi connectivity index (χ1v) is 3.13. The molecule has 2 rings (SSSR count). The van der Waals surface area contributed by atoms with Gasteiger partial charge in [0.25, 0.3) is 0 Å². The molecule has 0 aromatic heterocycles. The average molecular weight is 162 g/mol. The molecule has 1 aromatic rings. The molecule has 0 saturated heterocycles. The Morgan fingerprint density at radius 2 is 2.00 bits per heavy atom. The molecule has 0 aliphatic carbocycles. The van der Waals surface area contributed by atoms with E-state index in [-0.39, 0.29) is 16.9 Å². The molecule has 3 heteroatoms. The number of ether oxygens (including phenoxy) is 1. The van der Waals surface area contributed by atoms with Gasteiger partial charge in [-0.05, 0) is 6.07 Å². The fourth-order valence-electron chi connectivity index (χ4n) is 1.07. The van der Waals surface area contributed by atoms with Crippen LogP contribution < -0.4 is 0 Å². The van der Waals surface area contributed by atoms with Crippen LogP contribution in [-0.2, 0) is 11.3 Å². The van der Waals surface area contributed by atoms with Crippen molar-refractivity contribution in [1.82, 2.24) is 0 Å². The molecular weight excluding hydrogens is 156 g/mol. The van der Waals surface area contributed by atoms with Crippen molar-refractivity contribution >= 4 is 16.9 Å². The van der Waals surface area contributed by atoms with Gasteiger partial charge in [0.15, 0.2) is 0 Å². The number of carbonyl (C=O) groups is 1. The number of hydrogen-bond acceptors (Lipinski definition) is 2. The number of carbonyl (C=O) groups excluding carboxylic acids is 1. The van der Waals surface area contributed by atoms with E-state index in [1.165, 1.54) is 0 Å². The lowest BCUT2D eigenvalue weighted by Gasteiger charge is -1.87. The van der Waals surface area contributed by atoms with Crippen LogP contribution in [-0.4, -0.2) is 16.9 Å². The highest BCUT2D eigenvalue weighted by atomic mass is 28.1. The molecule has 0 fully saturated rings. The molecule has 1 aliphatic rings. The smallest absolute Gasteiger partial charge is 0.338 e. The van der Waals surface area contributed by atoms with Crippen molar-refractivity contribution in [2.45, 2.75) is 6.61 Å². The Kier molecular flexibility index (Phi) is 2.10. The van der Waals surface area contributed by atoms with E-state index < -0.39 is 0 Å². The van der Waals surface area contributed by atoms with E-state index in [1.54, 1.807) is 6.07 Å². The molecule has 0 N–H and O–H groups in total. The summed E-state index contributed by atoms with van der Waals surface area (Å²) < 4.78 is 4.78. The van der Waals surface area contributed by atoms with Gasteiger partial charge in [-0.15, -0.1) is 0 Å². The number of hydrogen-bond donors (Lipinski definition) is 0. The van der Waals surface area contributed by atoms with Crippen LogP contribution in [0.4, 0.5) is 0 Å². The van der Waals surface area contributed by atoms with Crippen molar-refractivity contribution in [2.24, 2.45) is 0 Å². The van der Waals surface area contributed by atoms with Crippen LogP contribution in [0.3, 0.4) is 0 Å². The van der Waals surface area contributed by atoms with Gasteiger partial charge in [-0.3, -0.25) is 0 Å². The standard InChI is InChI=1S/C8H6O2.Si/c9-8-7-4-2-1-3-6(7)5-10-8;/h1-4H,5H2;. The second-order valence-corrected chi connectivity index (χ2v) is 2.23. The minimum absolute atomic E-state index is 0. The molecule has 2 nitrogen and oxygen atoms in total. The van der Waals surface area contributed by atoms with E-state index in [1.807, 2.05) is 18.2 Å². The Labute approximate surface area is 69.2 Å². The van der Waals surface area contributed by atoms with Gasteiger partial charge < -0.3 is 4.74 Å². The van der Waals surface area contributed by atoms with E-state index in [2.05, 4.69) is 0 Å². The highest BCUT2D eigenvalue weighted by molar-refractivity contribution is 5.93. The normalized spacial score (nSPS) is 13.3. The van der Waals surface area contributed by atoms with Crippen molar-refractivity contribution in [1.29, 1.82) is 0 Å². The van der Waals surface area contributed by atoms with Gasteiger partial charge in [0.1, 0.15) is 6.61 Å². The summed E-state index contributed by atoms with van der Waals surface area (Å²) in [6.45, 7) is 0.439. The van der Waals surface area contributed by atoms with E-state index in [4.69, 9.17) is 4.74 Å². The molecule has 0 atom stereocenters. The molecule has 1 heterocycles. The first kappa shape index (κ1) is 8.01. The third-order valence-corrected chi connectivity index (χ3v) is 1.60. The van der Waals surface area contributed by atoms with Crippen LogP contribution in [0.25, 0.3) is 0 Å². The van der Waals surface area contributed by atoms with Gasteiger partial charge in [-0.25, -0.2) is 4.79 Å². The molecule has 1 aliphatic heterocycles. The summed E-state index contributed by atoms with van der Waals surface area (Å²) in [5.74, 6) is -0.199. The Balaban J connectivity index is 0.000000605. The van der Waals surface area contributed by atoms with Gasteiger partial charge in [0, 0.05) is 16.5 Å². The minimum Gasteiger partial charge on any atom is -0.457 e. The average Bonchev–Trinajstić information content (AvgIpc) is 2.34. The summed E-state index contributed by atoms with van der Waals surface area (Å²) in [6, 6.07) is 7.43. The zero-order valence-corrected chi connectivity index (χ0v) is 6.83. The number of rotatable bonds is 0. The summed E-state index contributed by atoms with van der Waals surface area (Å²) in [4.78, 5) is 10.8. The molecule has 1 aromatic carbocycles. The number of cyclic esters (lactones) is 1. The maximum absolute atomic E-state index is 10.8. The van der Waals surface area contributed by atoms with E-state index >= 15 is 0 Å². The third-order valence-electron chi connectivity index (χ3n) is 1.60. The van der Waals surface area contributed by atoms with Gasteiger partial charge >= 0.3 is 5.97 Å². The lowest BCUT2D eigenvalue weighted by atomic mass is 10.1. The van der Waals surface area contributed by atoms with Crippen molar-refractivity contribution in [3.05, 3.63) is 35.4 Å². The maximum atomic E-state index is 10.8. The summed E-state index contributed by atoms with van der Waals surface area (Å²) >= 11 is 0. The van der Waals surface area contributed by atoms with Crippen LogP contribution in [0.15, 0.2) is 24.3 Å². The van der Waals surface area contributed by atoms with Gasteiger partial charge in [0.05, 0.1) is 5.56 Å². The molecule has 0 saturated carbocycles. The molecule has 54 valence electrons. The molecule has 0 unspecified atom stereocenters. The Hall–Kier alpha value is -1.09. The number of fused-ring (bicyclic) bond motifs is 1. The van der Waals surface area contributed by atoms with Gasteiger partial charge in [-0.2, -0.15) is 0 Å². The van der Waals surface area contributed by atoms with Crippen LogP contribution in [0.5, 0.6) is 0 Å². The van der Waals surface area contributed by atoms with Crippen LogP contribution in [0.1, 0.15) is 15.9 Å². The Bertz CT molecular complexity index is 283. The number of esters is 1. The maximum Gasteiger partial charge on any atom is 0.338 e. The summed E-state index contributed by atoms with van der Waals surface area (Å²) in [6.07, 6.45) is 0. The second kappa shape index (κ2) is 2.88. The lowest BCUT2D eigenvalue weighted by molar-refractivity contribution is 0.0535. The van der Waals surface area contributed by atoms with Crippen molar-refractivity contribution in [3.8, 4) is 0 Å². The zero-order chi connectivity index (χ0) is 6.97. The van der Waals surface area contributed by atoms with Crippen molar-refractivity contribution in [3.63, 3.8) is 0 Å². The number of benzene rings is 1. The van der Waals surface area contributed by atoms with Crippen molar-refractivity contribution in [2.75, 3.05) is 0 Å². The fraction of sp³-hybridized carbons (Fsp3) is 0.125. The van der Waals surface area contributed by atoms with Gasteiger partial charge in [0.2, 0.25) is 0 Å². The second-order valence-electron chi connectivity index (χ2n) is 2.23. The van der Waals surface area contributed by atoms with E-state index in [0.717, 1.165) is 5.56 Å². The zero-order valence-electron chi connectivity index (χ0n) is 5.83. The van der Waals surface area contributed by atoms with Crippen LogP contribution >= 0.6 is 0 Å². The molecule has 0 amide bonds. The van der Waals surface area contributed by atoms with E-state index in [0.29, 0.717) is 12.2 Å². The molecule has 11 heavy (non-hydrogen) atoms. The molecular formula is C8H6O2Si. The predicted octanol–water partition coefficient (Wildman–Crippen LogP) is 0.976. The SMILES string of the molecule is O=C1OCc2ccccc21.[Si]. The largest absolute Gasteiger partial charge is 0.457 e. The summed E-state index contributed by atoms with van der Waals surface area (Å²) in [5.41, 5.74) is 1.70. The first-order valence-electron chi connectivity index (χ1n) is 3.13. The lowest BCUT2D eigenvalue weighted by Crippen LogP contribution is -1.91. The highest BCUT2D eigenvalue weighted by Gasteiger charge is 2.18. The van der Waals surface area contributed by atoms with E-state index in [9.17, 15) is 4.79 Å². The van der Waals surface area contributed by atoms with Crippen LogP contribution in [0.2, 0.25) is 0 Å². The quantitative estimate of drug-likeness (QED) is 0.420. The van der Waals surface area contributed by atoms with Crippen molar-refractivity contribution < 1.29 is 9.53 Å². The summed E-state index contributed by atoms with van der Waals surface area (Å²) in [5, 5.41) is 0. The Morgan fingerprint density at radius 3 is 2.73 bits per heavy atom. The predicted molar refractivity (Wildman–Crippen MR) is 41.3 cm³/mol. The fourth-order valence-corrected chi connectivity index (χ4v) is 1.07. The topological polar surface area (TPSA) is 26.3 Å². The molecule has 4 radical (unpaired) electrons. The first-order chi connectivity index (χ1) is 4.88. The van der Waals surface area contributed by atoms with Crippen LogP contribution in [0, 0.1) is 0 Å². The summed E-state index contributed by atoms with van der Waals surface area (Å²) in [7, 11) is 0. The highest BCUT2D eigenvalue weighted by Crippen LogP contribution is 2.17. The Morgan fingerprint density at radius 1 is 1.27 bits per heavy atom.